The topological polar surface area (TPSA) is 26.3 Å². The number of allylic oxidation sites excluding steroid dienone is 6. The molecule has 33 heavy (non-hydrogen) atoms. The number of carbonyl (C=O) groups excluding carboxylic acids is 1. The summed E-state index contributed by atoms with van der Waals surface area (Å²) in [6.07, 6.45) is 38.9. The van der Waals surface area contributed by atoms with E-state index in [4.69, 9.17) is 4.74 Å². The molecule has 0 N–H and O–H groups in total. The van der Waals surface area contributed by atoms with Gasteiger partial charge in [-0.1, -0.05) is 147 Å². The molecule has 0 aliphatic heterocycles. The summed E-state index contributed by atoms with van der Waals surface area (Å²) < 4.78 is 5.38. The summed E-state index contributed by atoms with van der Waals surface area (Å²) in [5.74, 6) is 0.000503. The van der Waals surface area contributed by atoms with Gasteiger partial charge in [-0.3, -0.25) is 4.79 Å². The smallest absolute Gasteiger partial charge is 0.305 e. The molecule has 0 saturated carbocycles. The molecule has 2 heteroatoms. The minimum absolute atomic E-state index is 0.000503. The molecular formula is C31H56O2. The van der Waals surface area contributed by atoms with Crippen LogP contribution in [-0.2, 0) is 9.53 Å². The number of rotatable bonds is 25. The quantitative estimate of drug-likeness (QED) is 0.0769. The van der Waals surface area contributed by atoms with Gasteiger partial charge in [-0.25, -0.2) is 0 Å². The molecule has 0 amide bonds. The molecule has 0 aliphatic rings. The first-order chi connectivity index (χ1) is 16.3. The third kappa shape index (κ3) is 28.7. The number of hydrogen-bond acceptors (Lipinski definition) is 2. The Balaban J connectivity index is 3.28. The van der Waals surface area contributed by atoms with Crippen molar-refractivity contribution in [3.05, 3.63) is 36.5 Å². The number of hydrogen-bond donors (Lipinski definition) is 0. The summed E-state index contributed by atoms with van der Waals surface area (Å²) in [7, 11) is 0. The molecule has 0 unspecified atom stereocenters. The van der Waals surface area contributed by atoms with Crippen molar-refractivity contribution in [2.75, 3.05) is 6.61 Å². The minimum Gasteiger partial charge on any atom is -0.466 e. The first-order valence-electron chi connectivity index (χ1n) is 14.4. The molecule has 0 bridgehead atoms. The lowest BCUT2D eigenvalue weighted by Crippen LogP contribution is -2.05. The van der Waals surface area contributed by atoms with E-state index in [2.05, 4.69) is 50.3 Å². The van der Waals surface area contributed by atoms with Crippen LogP contribution >= 0.6 is 0 Å². The maximum absolute atomic E-state index is 11.8. The second-order valence-corrected chi connectivity index (χ2v) is 9.45. The van der Waals surface area contributed by atoms with Crippen LogP contribution in [0, 0.1) is 0 Å². The molecule has 0 rings (SSSR count). The van der Waals surface area contributed by atoms with Gasteiger partial charge >= 0.3 is 5.97 Å². The highest BCUT2D eigenvalue weighted by atomic mass is 16.5. The minimum atomic E-state index is 0.000503. The van der Waals surface area contributed by atoms with Gasteiger partial charge < -0.3 is 4.74 Å². The van der Waals surface area contributed by atoms with E-state index in [0.717, 1.165) is 25.7 Å². The second-order valence-electron chi connectivity index (χ2n) is 9.45. The van der Waals surface area contributed by atoms with Crippen molar-refractivity contribution in [3.8, 4) is 0 Å². The first-order valence-corrected chi connectivity index (χ1v) is 14.4. The molecule has 0 aromatic carbocycles. The van der Waals surface area contributed by atoms with E-state index in [1.54, 1.807) is 0 Å². The molecule has 0 aromatic heterocycles. The highest BCUT2D eigenvalue weighted by molar-refractivity contribution is 5.69. The summed E-state index contributed by atoms with van der Waals surface area (Å²) in [4.78, 5) is 11.8. The van der Waals surface area contributed by atoms with E-state index in [-0.39, 0.29) is 5.97 Å². The van der Waals surface area contributed by atoms with Crippen LogP contribution in [0.1, 0.15) is 149 Å². The molecule has 0 spiro atoms. The zero-order valence-corrected chi connectivity index (χ0v) is 22.3. The van der Waals surface area contributed by atoms with Crippen molar-refractivity contribution in [1.82, 2.24) is 0 Å². The summed E-state index contributed by atoms with van der Waals surface area (Å²) >= 11 is 0. The van der Waals surface area contributed by atoms with Crippen LogP contribution in [0.25, 0.3) is 0 Å². The molecular weight excluding hydrogens is 404 g/mol. The Labute approximate surface area is 207 Å². The van der Waals surface area contributed by atoms with Crippen molar-refractivity contribution in [1.29, 1.82) is 0 Å². The van der Waals surface area contributed by atoms with Gasteiger partial charge in [-0.05, 0) is 32.1 Å². The van der Waals surface area contributed by atoms with Gasteiger partial charge in [0.05, 0.1) is 6.61 Å². The average Bonchev–Trinajstić information content (AvgIpc) is 2.82. The number of ether oxygens (including phenoxy) is 1. The summed E-state index contributed by atoms with van der Waals surface area (Å²) in [6, 6.07) is 0. The molecule has 2 nitrogen and oxygen atoms in total. The predicted octanol–water partition coefficient (Wildman–Crippen LogP) is 10.4. The molecule has 0 heterocycles. The van der Waals surface area contributed by atoms with Gasteiger partial charge in [0.15, 0.2) is 0 Å². The van der Waals surface area contributed by atoms with E-state index in [1.165, 1.54) is 103 Å². The van der Waals surface area contributed by atoms with Crippen molar-refractivity contribution in [2.24, 2.45) is 0 Å². The van der Waals surface area contributed by atoms with Crippen LogP contribution in [0.15, 0.2) is 36.5 Å². The summed E-state index contributed by atoms with van der Waals surface area (Å²) in [6.45, 7) is 5.11. The lowest BCUT2D eigenvalue weighted by atomic mass is 10.1. The van der Waals surface area contributed by atoms with Gasteiger partial charge in [0.2, 0.25) is 0 Å². The zero-order chi connectivity index (χ0) is 24.1. The Morgan fingerprint density at radius 3 is 1.55 bits per heavy atom. The fourth-order valence-corrected chi connectivity index (χ4v) is 3.89. The molecule has 0 saturated heterocycles. The van der Waals surface area contributed by atoms with Crippen LogP contribution in [0.4, 0.5) is 0 Å². The van der Waals surface area contributed by atoms with Crippen molar-refractivity contribution >= 4 is 5.97 Å². The Morgan fingerprint density at radius 2 is 0.970 bits per heavy atom. The van der Waals surface area contributed by atoms with Gasteiger partial charge in [0, 0.05) is 6.42 Å². The van der Waals surface area contributed by atoms with Crippen molar-refractivity contribution in [3.63, 3.8) is 0 Å². The Bertz CT molecular complexity index is 475. The monoisotopic (exact) mass is 460 g/mol. The van der Waals surface area contributed by atoms with E-state index in [9.17, 15) is 4.79 Å². The van der Waals surface area contributed by atoms with E-state index in [1.807, 2.05) is 0 Å². The zero-order valence-electron chi connectivity index (χ0n) is 22.3. The van der Waals surface area contributed by atoms with Crippen LogP contribution in [0.2, 0.25) is 0 Å². The first kappa shape index (κ1) is 31.7. The number of unbranched alkanes of at least 4 members (excludes halogenated alkanes) is 17. The van der Waals surface area contributed by atoms with Crippen LogP contribution in [-0.4, -0.2) is 12.6 Å². The highest BCUT2D eigenvalue weighted by Crippen LogP contribution is 2.12. The van der Waals surface area contributed by atoms with Gasteiger partial charge in [-0.15, -0.1) is 0 Å². The van der Waals surface area contributed by atoms with Crippen LogP contribution in [0.5, 0.6) is 0 Å². The van der Waals surface area contributed by atoms with E-state index >= 15 is 0 Å². The van der Waals surface area contributed by atoms with Gasteiger partial charge in [-0.2, -0.15) is 0 Å². The SMILES string of the molecule is CCCCC=CC=CC=CCCCCCCCC(=O)OCCCCCCCCCCCCC. The van der Waals surface area contributed by atoms with E-state index < -0.39 is 0 Å². The number of esters is 1. The molecule has 0 fully saturated rings. The molecule has 0 aliphatic carbocycles. The lowest BCUT2D eigenvalue weighted by molar-refractivity contribution is -0.143. The largest absolute Gasteiger partial charge is 0.466 e. The van der Waals surface area contributed by atoms with Gasteiger partial charge in [0.25, 0.3) is 0 Å². The highest BCUT2D eigenvalue weighted by Gasteiger charge is 2.02. The normalized spacial score (nSPS) is 11.9. The Morgan fingerprint density at radius 1 is 0.515 bits per heavy atom. The third-order valence-electron chi connectivity index (χ3n) is 6.09. The second kappa shape index (κ2) is 28.7. The summed E-state index contributed by atoms with van der Waals surface area (Å²) in [5, 5.41) is 0. The van der Waals surface area contributed by atoms with Crippen molar-refractivity contribution < 1.29 is 9.53 Å². The summed E-state index contributed by atoms with van der Waals surface area (Å²) in [5.41, 5.74) is 0. The predicted molar refractivity (Wildman–Crippen MR) is 147 cm³/mol. The fourth-order valence-electron chi connectivity index (χ4n) is 3.89. The van der Waals surface area contributed by atoms with Crippen LogP contribution < -0.4 is 0 Å². The fraction of sp³-hybridized carbons (Fsp3) is 0.774. The molecule has 0 atom stereocenters. The van der Waals surface area contributed by atoms with Crippen LogP contribution in [0.3, 0.4) is 0 Å². The van der Waals surface area contributed by atoms with Gasteiger partial charge in [0.1, 0.15) is 0 Å². The maximum Gasteiger partial charge on any atom is 0.305 e. The lowest BCUT2D eigenvalue weighted by Gasteiger charge is -2.05. The number of carbonyl (C=O) groups is 1. The van der Waals surface area contributed by atoms with E-state index in [0.29, 0.717) is 13.0 Å². The average molecular weight is 461 g/mol. The Kier molecular flexibility index (Phi) is 27.6. The maximum atomic E-state index is 11.8. The molecule has 192 valence electrons. The molecule has 0 aromatic rings. The Hall–Kier alpha value is -1.31. The van der Waals surface area contributed by atoms with Crippen molar-refractivity contribution in [2.45, 2.75) is 149 Å². The third-order valence-corrected chi connectivity index (χ3v) is 6.09. The molecule has 0 radical (unpaired) electrons. The standard InChI is InChI=1S/C31H56O2/c1-3-5-7-9-11-13-15-16-17-18-19-21-23-25-27-29-31(32)33-30-28-26-24-22-20-14-12-10-8-6-4-2/h9,11,13,15-17H,3-8,10,12,14,18-30H2,1-2H3.